The van der Waals surface area contributed by atoms with E-state index in [1.165, 1.54) is 11.8 Å². The van der Waals surface area contributed by atoms with E-state index < -0.39 is 0 Å². The average molecular weight is 712 g/mol. The molecule has 0 N–H and O–H groups in total. The van der Waals surface area contributed by atoms with Gasteiger partial charge >= 0.3 is 0 Å². The first-order chi connectivity index (χ1) is 17.9. The van der Waals surface area contributed by atoms with Crippen molar-refractivity contribution in [3.8, 4) is 11.5 Å². The largest absolute Gasteiger partial charge is 0.490 e. The second-order valence-corrected chi connectivity index (χ2v) is 11.6. The summed E-state index contributed by atoms with van der Waals surface area (Å²) in [6, 6.07) is 19.2. The molecule has 3 aromatic rings. The van der Waals surface area contributed by atoms with Crippen molar-refractivity contribution in [3.63, 3.8) is 0 Å². The molecule has 4 rings (SSSR count). The average Bonchev–Trinajstić information content (AvgIpc) is 3.15. The van der Waals surface area contributed by atoms with Crippen molar-refractivity contribution in [2.24, 2.45) is 4.99 Å². The number of halogens is 3. The number of carbonyl (C=O) groups excluding carboxylic acids is 1. The first kappa shape index (κ1) is 28.0. The van der Waals surface area contributed by atoms with Crippen LogP contribution in [0.4, 0.5) is 5.69 Å². The van der Waals surface area contributed by atoms with Gasteiger partial charge in [0.05, 0.1) is 20.8 Å². The Morgan fingerprint density at radius 2 is 1.81 bits per heavy atom. The van der Waals surface area contributed by atoms with Crippen LogP contribution in [-0.2, 0) is 11.4 Å². The number of thioether (sulfide) groups is 1. The van der Waals surface area contributed by atoms with Crippen LogP contribution in [0.2, 0.25) is 5.02 Å². The van der Waals surface area contributed by atoms with Gasteiger partial charge in [-0.15, -0.1) is 0 Å². The highest BCUT2D eigenvalue weighted by atomic mass is 127. The molecule has 1 aliphatic heterocycles. The molecule has 1 saturated heterocycles. The van der Waals surface area contributed by atoms with Gasteiger partial charge in [-0.05, 0) is 113 Å². The lowest BCUT2D eigenvalue weighted by Crippen LogP contribution is -2.29. The maximum absolute atomic E-state index is 13.3. The molecule has 0 bridgehead atoms. The van der Waals surface area contributed by atoms with Crippen molar-refractivity contribution >= 4 is 84.7 Å². The van der Waals surface area contributed by atoms with Crippen LogP contribution >= 0.6 is 61.9 Å². The van der Waals surface area contributed by atoms with Gasteiger partial charge in [-0.2, -0.15) is 0 Å². The van der Waals surface area contributed by atoms with E-state index in [9.17, 15) is 4.79 Å². The summed E-state index contributed by atoms with van der Waals surface area (Å²) >= 11 is 13.1. The lowest BCUT2D eigenvalue weighted by atomic mass is 10.1. The third-order valence-corrected chi connectivity index (χ3v) is 7.90. The number of rotatable bonds is 9. The van der Waals surface area contributed by atoms with Crippen molar-refractivity contribution in [1.82, 2.24) is 4.90 Å². The molecule has 0 aliphatic carbocycles. The fraction of sp³-hybridized carbons (Fsp3) is 0.214. The van der Waals surface area contributed by atoms with Crippen molar-refractivity contribution in [2.75, 3.05) is 13.2 Å². The Kier molecular flexibility index (Phi) is 9.97. The van der Waals surface area contributed by atoms with E-state index in [0.717, 1.165) is 31.3 Å². The maximum Gasteiger partial charge on any atom is 0.266 e. The standard InChI is InChI=1S/C28H25BrClIN2O3S/c1-3-13-33-27(34)25(37-28(33)32-22-11-9-21(30)10-12-22)16-19-14-23(31)26(24(15-19)35-4-2)36-17-18-5-7-20(29)8-6-18/h5-12,14-16H,3-4,13,17H2,1-2H3/b25-16-,32-28?. The summed E-state index contributed by atoms with van der Waals surface area (Å²) in [4.78, 5) is 20.3. The molecule has 3 aromatic carbocycles. The summed E-state index contributed by atoms with van der Waals surface area (Å²) in [7, 11) is 0. The van der Waals surface area contributed by atoms with Crippen LogP contribution in [0, 0.1) is 3.57 Å². The Morgan fingerprint density at radius 1 is 1.08 bits per heavy atom. The number of hydrogen-bond donors (Lipinski definition) is 0. The SMILES string of the molecule is CCCN1C(=O)/C(=C/c2cc(I)c(OCc3ccc(Br)cc3)c(OCC)c2)SC1=Nc1ccc(Cl)cc1. The highest BCUT2D eigenvalue weighted by Crippen LogP contribution is 2.38. The van der Waals surface area contributed by atoms with E-state index in [1.807, 2.05) is 68.5 Å². The molecule has 9 heteroatoms. The lowest BCUT2D eigenvalue weighted by molar-refractivity contribution is -0.122. The number of hydrogen-bond acceptors (Lipinski definition) is 5. The summed E-state index contributed by atoms with van der Waals surface area (Å²) in [5.41, 5.74) is 2.68. The van der Waals surface area contributed by atoms with E-state index in [0.29, 0.717) is 46.4 Å². The Hall–Kier alpha value is -2.01. The summed E-state index contributed by atoms with van der Waals surface area (Å²) in [6.45, 7) is 5.51. The van der Waals surface area contributed by atoms with Gasteiger partial charge in [-0.1, -0.05) is 46.6 Å². The highest BCUT2D eigenvalue weighted by molar-refractivity contribution is 14.1. The molecular weight excluding hydrogens is 687 g/mol. The number of amides is 1. The second-order valence-electron chi connectivity index (χ2n) is 8.12. The molecule has 5 nitrogen and oxygen atoms in total. The monoisotopic (exact) mass is 710 g/mol. The van der Waals surface area contributed by atoms with E-state index in [-0.39, 0.29) is 5.91 Å². The van der Waals surface area contributed by atoms with Gasteiger partial charge < -0.3 is 9.47 Å². The third kappa shape index (κ3) is 7.31. The molecule has 37 heavy (non-hydrogen) atoms. The predicted molar refractivity (Wildman–Crippen MR) is 165 cm³/mol. The van der Waals surface area contributed by atoms with Gasteiger partial charge in [-0.25, -0.2) is 4.99 Å². The number of aliphatic imine (C=N–C) groups is 1. The van der Waals surface area contributed by atoms with Gasteiger partial charge in [0.2, 0.25) is 0 Å². The molecule has 0 unspecified atom stereocenters. The highest BCUT2D eigenvalue weighted by Gasteiger charge is 2.33. The van der Waals surface area contributed by atoms with Crippen LogP contribution in [0.3, 0.4) is 0 Å². The lowest BCUT2D eigenvalue weighted by Gasteiger charge is -2.15. The van der Waals surface area contributed by atoms with Crippen molar-refractivity contribution in [2.45, 2.75) is 26.9 Å². The van der Waals surface area contributed by atoms with Crippen LogP contribution in [0.1, 0.15) is 31.4 Å². The van der Waals surface area contributed by atoms with Crippen LogP contribution < -0.4 is 9.47 Å². The van der Waals surface area contributed by atoms with E-state index in [2.05, 4.69) is 38.5 Å². The quantitative estimate of drug-likeness (QED) is 0.165. The molecule has 0 atom stereocenters. The maximum atomic E-state index is 13.3. The fourth-order valence-corrected chi connectivity index (χ4v) is 5.80. The molecular formula is C28H25BrClIN2O3S. The molecule has 1 aliphatic rings. The topological polar surface area (TPSA) is 51.1 Å². The molecule has 0 radical (unpaired) electrons. The zero-order valence-electron chi connectivity index (χ0n) is 20.3. The third-order valence-electron chi connectivity index (χ3n) is 5.31. The van der Waals surface area contributed by atoms with Crippen molar-refractivity contribution in [3.05, 3.63) is 89.8 Å². The summed E-state index contributed by atoms with van der Waals surface area (Å²) in [5, 5.41) is 1.31. The number of benzene rings is 3. The van der Waals surface area contributed by atoms with Gasteiger partial charge in [0, 0.05) is 16.0 Å². The normalized spacial score (nSPS) is 15.6. The Labute approximate surface area is 248 Å². The first-order valence-corrected chi connectivity index (χ1v) is 14.8. The van der Waals surface area contributed by atoms with Crippen LogP contribution in [0.5, 0.6) is 11.5 Å². The number of ether oxygens (including phenoxy) is 2. The summed E-state index contributed by atoms with van der Waals surface area (Å²) < 4.78 is 14.0. The van der Waals surface area contributed by atoms with Crippen molar-refractivity contribution in [1.29, 1.82) is 0 Å². The van der Waals surface area contributed by atoms with Crippen LogP contribution in [0.25, 0.3) is 6.08 Å². The fourth-order valence-electron chi connectivity index (χ4n) is 3.60. The predicted octanol–water partition coefficient (Wildman–Crippen LogP) is 8.70. The zero-order chi connectivity index (χ0) is 26.4. The minimum absolute atomic E-state index is 0.0527. The smallest absolute Gasteiger partial charge is 0.266 e. The molecule has 0 aromatic heterocycles. The first-order valence-electron chi connectivity index (χ1n) is 11.8. The van der Waals surface area contributed by atoms with Gasteiger partial charge in [0.15, 0.2) is 16.7 Å². The molecule has 1 fully saturated rings. The van der Waals surface area contributed by atoms with Crippen LogP contribution in [-0.4, -0.2) is 29.1 Å². The second kappa shape index (κ2) is 13.2. The number of amidine groups is 1. The minimum Gasteiger partial charge on any atom is -0.490 e. The van der Waals surface area contributed by atoms with Gasteiger partial charge in [0.1, 0.15) is 6.61 Å². The Balaban J connectivity index is 1.61. The minimum atomic E-state index is -0.0527. The summed E-state index contributed by atoms with van der Waals surface area (Å²) in [5.74, 6) is 1.29. The van der Waals surface area contributed by atoms with Gasteiger partial charge in [0.25, 0.3) is 5.91 Å². The van der Waals surface area contributed by atoms with E-state index in [4.69, 9.17) is 26.1 Å². The number of nitrogens with zero attached hydrogens (tertiary/aromatic N) is 2. The Morgan fingerprint density at radius 3 is 2.49 bits per heavy atom. The number of carbonyl (C=O) groups is 1. The zero-order valence-corrected chi connectivity index (χ0v) is 25.7. The molecule has 1 amide bonds. The van der Waals surface area contributed by atoms with Crippen molar-refractivity contribution < 1.29 is 14.3 Å². The van der Waals surface area contributed by atoms with Crippen LogP contribution in [0.15, 0.2) is 75.0 Å². The Bertz CT molecular complexity index is 1330. The summed E-state index contributed by atoms with van der Waals surface area (Å²) in [6.07, 6.45) is 2.72. The molecule has 192 valence electrons. The van der Waals surface area contributed by atoms with E-state index in [1.54, 1.807) is 17.0 Å². The van der Waals surface area contributed by atoms with Gasteiger partial charge in [-0.3, -0.25) is 9.69 Å². The van der Waals surface area contributed by atoms with E-state index >= 15 is 0 Å². The molecule has 0 saturated carbocycles. The molecule has 0 spiro atoms. The molecule has 1 heterocycles.